The molecular weight excluding hydrogens is 286 g/mol. The number of nitrogens with one attached hydrogen (secondary N) is 1. The molecular formula is C10H14BrN5O. The molecule has 0 saturated heterocycles. The molecule has 0 saturated carbocycles. The van der Waals surface area contributed by atoms with Crippen LogP contribution in [0.2, 0.25) is 0 Å². The molecule has 0 spiro atoms. The highest BCUT2D eigenvalue weighted by molar-refractivity contribution is 9.10. The number of nitrogens with zero attached hydrogens (tertiary/aromatic N) is 4. The lowest BCUT2D eigenvalue weighted by molar-refractivity contribution is 0.409. The molecule has 0 aromatic carbocycles. The van der Waals surface area contributed by atoms with E-state index in [1.165, 1.54) is 6.39 Å². The molecule has 0 aliphatic heterocycles. The summed E-state index contributed by atoms with van der Waals surface area (Å²) < 4.78 is 7.60. The van der Waals surface area contributed by atoms with Crippen molar-refractivity contribution in [2.45, 2.75) is 19.9 Å². The van der Waals surface area contributed by atoms with Crippen LogP contribution in [0.15, 0.2) is 15.4 Å². The molecule has 2 heterocycles. The van der Waals surface area contributed by atoms with Crippen molar-refractivity contribution in [2.24, 2.45) is 7.05 Å². The summed E-state index contributed by atoms with van der Waals surface area (Å²) >= 11 is 3.53. The summed E-state index contributed by atoms with van der Waals surface area (Å²) in [5.41, 5.74) is 2.14. The fourth-order valence-corrected chi connectivity index (χ4v) is 2.06. The molecule has 2 aromatic rings. The molecule has 1 N–H and O–H groups in total. The van der Waals surface area contributed by atoms with E-state index in [4.69, 9.17) is 0 Å². The molecule has 7 heteroatoms. The lowest BCUT2D eigenvalue weighted by Crippen LogP contribution is -2.19. The van der Waals surface area contributed by atoms with E-state index in [1.807, 2.05) is 18.7 Å². The van der Waals surface area contributed by atoms with Gasteiger partial charge in [0.15, 0.2) is 5.82 Å². The Morgan fingerprint density at radius 3 is 2.94 bits per heavy atom. The van der Waals surface area contributed by atoms with Crippen LogP contribution >= 0.6 is 15.9 Å². The topological polar surface area (TPSA) is 68.8 Å². The molecule has 0 bridgehead atoms. The summed E-state index contributed by atoms with van der Waals surface area (Å²) in [5.74, 6) is 0.720. The number of aromatic nitrogens is 4. The van der Waals surface area contributed by atoms with Crippen molar-refractivity contribution in [1.29, 1.82) is 0 Å². The van der Waals surface area contributed by atoms with Crippen molar-refractivity contribution in [3.8, 4) is 0 Å². The van der Waals surface area contributed by atoms with Crippen LogP contribution in [0.5, 0.6) is 0 Å². The van der Waals surface area contributed by atoms with Gasteiger partial charge in [-0.2, -0.15) is 10.1 Å². The average molecular weight is 300 g/mol. The van der Waals surface area contributed by atoms with E-state index in [1.54, 1.807) is 0 Å². The van der Waals surface area contributed by atoms with Gasteiger partial charge in [-0.3, -0.25) is 4.68 Å². The van der Waals surface area contributed by atoms with Crippen molar-refractivity contribution in [1.82, 2.24) is 25.2 Å². The third-order valence-corrected chi connectivity index (χ3v) is 3.52. The maximum absolute atomic E-state index is 4.66. The number of halogens is 1. The summed E-state index contributed by atoms with van der Waals surface area (Å²) in [4.78, 5) is 3.96. The van der Waals surface area contributed by atoms with Gasteiger partial charge in [0.2, 0.25) is 6.39 Å². The van der Waals surface area contributed by atoms with E-state index >= 15 is 0 Å². The molecule has 0 unspecified atom stereocenters. The maximum Gasteiger partial charge on any atom is 0.213 e. The Hall–Kier alpha value is -1.21. The highest BCUT2D eigenvalue weighted by Crippen LogP contribution is 2.19. The van der Waals surface area contributed by atoms with E-state index in [0.29, 0.717) is 0 Å². The second-order valence-corrected chi connectivity index (χ2v) is 4.54. The first-order chi connectivity index (χ1) is 8.18. The number of hydrogen-bond acceptors (Lipinski definition) is 5. The molecule has 0 aliphatic rings. The first-order valence-corrected chi connectivity index (χ1v) is 6.11. The Balaban J connectivity index is 1.82. The minimum atomic E-state index is 0.720. The van der Waals surface area contributed by atoms with Crippen LogP contribution in [0.3, 0.4) is 0 Å². The molecule has 2 aromatic heterocycles. The largest absolute Gasteiger partial charge is 0.343 e. The molecule has 0 atom stereocenters. The molecule has 0 aliphatic carbocycles. The Morgan fingerprint density at radius 1 is 1.53 bits per heavy atom. The fraction of sp³-hybridized carbons (Fsp3) is 0.500. The van der Waals surface area contributed by atoms with Crippen molar-refractivity contribution in [2.75, 3.05) is 6.54 Å². The van der Waals surface area contributed by atoms with E-state index in [9.17, 15) is 0 Å². The first-order valence-electron chi connectivity index (χ1n) is 5.32. The fourth-order valence-electron chi connectivity index (χ4n) is 1.58. The van der Waals surface area contributed by atoms with Gasteiger partial charge in [-0.15, -0.1) is 0 Å². The second-order valence-electron chi connectivity index (χ2n) is 3.74. The highest BCUT2D eigenvalue weighted by Gasteiger charge is 2.09. The SMILES string of the molecule is Cc1nn(C)c(CNCCc2ncon2)c1Br. The van der Waals surface area contributed by atoms with E-state index in [-0.39, 0.29) is 0 Å². The molecule has 0 radical (unpaired) electrons. The van der Waals surface area contributed by atoms with E-state index in [0.717, 1.165) is 41.2 Å². The van der Waals surface area contributed by atoms with Gasteiger partial charge in [-0.1, -0.05) is 5.16 Å². The molecule has 92 valence electrons. The third-order valence-electron chi connectivity index (χ3n) is 2.49. The van der Waals surface area contributed by atoms with Gasteiger partial charge >= 0.3 is 0 Å². The Morgan fingerprint density at radius 2 is 2.35 bits per heavy atom. The zero-order chi connectivity index (χ0) is 12.3. The lowest BCUT2D eigenvalue weighted by Gasteiger charge is -2.04. The van der Waals surface area contributed by atoms with E-state index < -0.39 is 0 Å². The minimum Gasteiger partial charge on any atom is -0.343 e. The normalized spacial score (nSPS) is 11.0. The summed E-state index contributed by atoms with van der Waals surface area (Å²) in [5, 5.41) is 11.4. The zero-order valence-corrected chi connectivity index (χ0v) is 11.4. The predicted molar refractivity (Wildman–Crippen MR) is 65.4 cm³/mol. The Bertz CT molecular complexity index is 479. The molecule has 0 fully saturated rings. The number of aryl methyl sites for hydroxylation is 2. The van der Waals surface area contributed by atoms with Crippen LogP contribution in [0, 0.1) is 6.92 Å². The molecule has 0 amide bonds. The highest BCUT2D eigenvalue weighted by atomic mass is 79.9. The van der Waals surface area contributed by atoms with Gasteiger partial charge in [0.05, 0.1) is 15.9 Å². The van der Waals surface area contributed by atoms with Gasteiger partial charge in [0.25, 0.3) is 0 Å². The second kappa shape index (κ2) is 5.42. The van der Waals surface area contributed by atoms with Gasteiger partial charge in [-0.25, -0.2) is 0 Å². The van der Waals surface area contributed by atoms with Gasteiger partial charge in [0.1, 0.15) is 0 Å². The summed E-state index contributed by atoms with van der Waals surface area (Å²) in [6.07, 6.45) is 2.10. The van der Waals surface area contributed by atoms with Crippen LogP contribution in [0.25, 0.3) is 0 Å². The quantitative estimate of drug-likeness (QED) is 0.841. The number of hydrogen-bond donors (Lipinski definition) is 1. The summed E-state index contributed by atoms with van der Waals surface area (Å²) in [6.45, 7) is 3.54. The Kier molecular flexibility index (Phi) is 3.90. The van der Waals surface area contributed by atoms with Crippen molar-refractivity contribution < 1.29 is 4.52 Å². The van der Waals surface area contributed by atoms with Crippen LogP contribution < -0.4 is 5.32 Å². The average Bonchev–Trinajstić information content (AvgIpc) is 2.87. The molecule has 6 nitrogen and oxygen atoms in total. The predicted octanol–water partition coefficient (Wildman–Crippen LogP) is 1.21. The van der Waals surface area contributed by atoms with Crippen LogP contribution in [-0.4, -0.2) is 26.5 Å². The van der Waals surface area contributed by atoms with Crippen LogP contribution in [-0.2, 0) is 20.0 Å². The molecule has 17 heavy (non-hydrogen) atoms. The summed E-state index contributed by atoms with van der Waals surface area (Å²) in [7, 11) is 1.94. The summed E-state index contributed by atoms with van der Waals surface area (Å²) in [6, 6.07) is 0. The van der Waals surface area contributed by atoms with Crippen molar-refractivity contribution in [3.63, 3.8) is 0 Å². The van der Waals surface area contributed by atoms with Crippen molar-refractivity contribution in [3.05, 3.63) is 28.1 Å². The van der Waals surface area contributed by atoms with Gasteiger partial charge < -0.3 is 9.84 Å². The minimum absolute atomic E-state index is 0.720. The van der Waals surface area contributed by atoms with Crippen LogP contribution in [0.1, 0.15) is 17.2 Å². The first kappa shape index (κ1) is 12.3. The van der Waals surface area contributed by atoms with Crippen molar-refractivity contribution >= 4 is 15.9 Å². The standard InChI is InChI=1S/C10H14BrN5O/c1-7-10(11)8(16(2)14-7)5-12-4-3-9-13-6-17-15-9/h6,12H,3-5H2,1-2H3. The smallest absolute Gasteiger partial charge is 0.213 e. The third kappa shape index (κ3) is 2.92. The monoisotopic (exact) mass is 299 g/mol. The zero-order valence-electron chi connectivity index (χ0n) is 9.77. The maximum atomic E-state index is 4.66. The number of rotatable bonds is 5. The van der Waals surface area contributed by atoms with E-state index in [2.05, 4.69) is 41.0 Å². The van der Waals surface area contributed by atoms with Crippen LogP contribution in [0.4, 0.5) is 0 Å². The Labute approximate surface area is 108 Å². The molecule has 2 rings (SSSR count). The van der Waals surface area contributed by atoms with Gasteiger partial charge in [0, 0.05) is 26.6 Å². The van der Waals surface area contributed by atoms with Gasteiger partial charge in [-0.05, 0) is 22.9 Å². The lowest BCUT2D eigenvalue weighted by atomic mass is 10.3.